The molecule has 0 bridgehead atoms. The Balaban J connectivity index is 2.62. The molecule has 0 saturated heterocycles. The first-order chi connectivity index (χ1) is 2.41. The minimum Gasteiger partial charge on any atom is -0.389 e. The third-order valence-electron chi connectivity index (χ3n) is 0.285. The average Bonchev–Trinajstić information content (AvgIpc) is 1.41. The van der Waals surface area contributed by atoms with Crippen molar-refractivity contribution in [2.24, 2.45) is 0 Å². The molecule has 1 N–H and O–H groups in total. The number of hydrogen-bond donors (Lipinski definition) is 1. The zero-order valence-electron chi connectivity index (χ0n) is 3.36. The highest BCUT2D eigenvalue weighted by molar-refractivity contribution is 4.72. The number of allylic oxidation sites excluding steroid dienone is 1. The van der Waals surface area contributed by atoms with Crippen LogP contribution in [0.4, 0.5) is 0 Å². The summed E-state index contributed by atoms with van der Waals surface area (Å²) in [5, 5.41) is 2.59. The predicted molar refractivity (Wildman–Crippen MR) is 23.3 cm³/mol. The van der Waals surface area contributed by atoms with E-state index in [2.05, 4.69) is 12.4 Å². The molecule has 5 heavy (non-hydrogen) atoms. The van der Waals surface area contributed by atoms with Gasteiger partial charge in [0, 0.05) is 7.05 Å². The first kappa shape index (κ1) is 4.54. The molecular weight excluding hydrogens is 62.1 g/mol. The number of rotatable bonds is 1. The molecule has 0 aromatic carbocycles. The third kappa shape index (κ3) is 3.54. The number of hydrogen-bond acceptors (Lipinski definition) is 1. The van der Waals surface area contributed by atoms with Crippen LogP contribution in [0, 0.1) is 7.05 Å². The summed E-state index contributed by atoms with van der Waals surface area (Å²) in [7, 11) is 3.34. The minimum atomic E-state index is 1.76. The van der Waals surface area contributed by atoms with E-state index in [1.165, 1.54) is 0 Å². The average molecular weight is 70.1 g/mol. The van der Waals surface area contributed by atoms with E-state index in [9.17, 15) is 0 Å². The molecule has 1 heteroatoms. The Bertz CT molecular complexity index is 30.6. The Morgan fingerprint density at radius 1 is 1.80 bits per heavy atom. The van der Waals surface area contributed by atoms with Crippen molar-refractivity contribution < 1.29 is 0 Å². The van der Waals surface area contributed by atoms with Gasteiger partial charge < -0.3 is 5.32 Å². The van der Waals surface area contributed by atoms with E-state index in [1.54, 1.807) is 6.20 Å². The van der Waals surface area contributed by atoms with Crippen LogP contribution in [0.2, 0.25) is 0 Å². The van der Waals surface area contributed by atoms with Crippen molar-refractivity contribution in [2.75, 3.05) is 0 Å². The summed E-state index contributed by atoms with van der Waals surface area (Å²) < 4.78 is 0. The van der Waals surface area contributed by atoms with Gasteiger partial charge in [0.05, 0.1) is 0 Å². The lowest BCUT2D eigenvalue weighted by Gasteiger charge is -1.74. The van der Waals surface area contributed by atoms with Gasteiger partial charge in [0.25, 0.3) is 0 Å². The van der Waals surface area contributed by atoms with Crippen molar-refractivity contribution in [2.45, 2.75) is 6.92 Å². The van der Waals surface area contributed by atoms with Crippen molar-refractivity contribution >= 4 is 0 Å². The zero-order chi connectivity index (χ0) is 4.12. The van der Waals surface area contributed by atoms with Crippen LogP contribution in [0.5, 0.6) is 0 Å². The van der Waals surface area contributed by atoms with Gasteiger partial charge in [-0.25, -0.2) is 0 Å². The summed E-state index contributed by atoms with van der Waals surface area (Å²) in [5.41, 5.74) is 0. The summed E-state index contributed by atoms with van der Waals surface area (Å²) >= 11 is 0. The van der Waals surface area contributed by atoms with Crippen LogP contribution in [0.3, 0.4) is 0 Å². The summed E-state index contributed by atoms with van der Waals surface area (Å²) in [6.45, 7) is 1.93. The largest absolute Gasteiger partial charge is 0.389 e. The molecule has 0 heterocycles. The van der Waals surface area contributed by atoms with E-state index in [1.807, 2.05) is 13.0 Å². The maximum Gasteiger partial charge on any atom is 0.0314 e. The molecule has 0 spiro atoms. The Kier molecular flexibility index (Phi) is 3.21. The molecule has 0 saturated carbocycles. The van der Waals surface area contributed by atoms with Crippen LogP contribution in [-0.2, 0) is 0 Å². The molecule has 0 fully saturated rings. The molecule has 0 aliphatic rings. The molecule has 0 aromatic rings. The Morgan fingerprint density at radius 2 is 2.40 bits per heavy atom. The molecule has 0 unspecified atom stereocenters. The van der Waals surface area contributed by atoms with Gasteiger partial charge in [0.15, 0.2) is 0 Å². The summed E-state index contributed by atoms with van der Waals surface area (Å²) in [5.74, 6) is 0. The predicted octanol–water partition coefficient (Wildman–Crippen LogP) is 0.901. The second-order valence-corrected chi connectivity index (χ2v) is 0.704. The molecule has 29 valence electrons. The second kappa shape index (κ2) is 3.54. The summed E-state index contributed by atoms with van der Waals surface area (Å²) in [4.78, 5) is 0. The van der Waals surface area contributed by atoms with Gasteiger partial charge in [-0.1, -0.05) is 6.08 Å². The van der Waals surface area contributed by atoms with Crippen molar-refractivity contribution in [3.05, 3.63) is 19.3 Å². The van der Waals surface area contributed by atoms with Crippen LogP contribution < -0.4 is 5.32 Å². The van der Waals surface area contributed by atoms with Gasteiger partial charge in [0.1, 0.15) is 0 Å². The fourth-order valence-corrected chi connectivity index (χ4v) is 0.118. The standard InChI is InChI=1S/C4H8N/c1-3-4-5-2/h3-5H,2H2,1H3. The van der Waals surface area contributed by atoms with Crippen LogP contribution in [0.15, 0.2) is 12.3 Å². The van der Waals surface area contributed by atoms with Gasteiger partial charge in [-0.3, -0.25) is 0 Å². The van der Waals surface area contributed by atoms with Gasteiger partial charge in [-0.05, 0) is 13.1 Å². The van der Waals surface area contributed by atoms with Crippen LogP contribution in [-0.4, -0.2) is 0 Å². The normalized spacial score (nSPS) is 9.20. The lowest BCUT2D eigenvalue weighted by molar-refractivity contribution is 1.19. The highest BCUT2D eigenvalue weighted by Crippen LogP contribution is 1.54. The van der Waals surface area contributed by atoms with Gasteiger partial charge >= 0.3 is 0 Å². The fourth-order valence-electron chi connectivity index (χ4n) is 0.118. The lowest BCUT2D eigenvalue weighted by atomic mass is 10.7. The Labute approximate surface area is 32.7 Å². The van der Waals surface area contributed by atoms with E-state index in [0.717, 1.165) is 0 Å². The fraction of sp³-hybridized carbons (Fsp3) is 0.250. The van der Waals surface area contributed by atoms with Gasteiger partial charge in [-0.15, -0.1) is 0 Å². The van der Waals surface area contributed by atoms with Crippen molar-refractivity contribution in [1.82, 2.24) is 5.32 Å². The topological polar surface area (TPSA) is 12.0 Å². The van der Waals surface area contributed by atoms with Gasteiger partial charge in [0.2, 0.25) is 0 Å². The van der Waals surface area contributed by atoms with Crippen LogP contribution >= 0.6 is 0 Å². The Hall–Kier alpha value is -0.460. The molecule has 0 atom stereocenters. The van der Waals surface area contributed by atoms with Crippen molar-refractivity contribution in [1.29, 1.82) is 0 Å². The SMILES string of the molecule is [CH2]NC=CC. The molecule has 0 amide bonds. The van der Waals surface area contributed by atoms with E-state index < -0.39 is 0 Å². The molecule has 0 rings (SSSR count). The lowest BCUT2D eigenvalue weighted by Crippen LogP contribution is -1.84. The molecule has 1 radical (unpaired) electrons. The van der Waals surface area contributed by atoms with Crippen molar-refractivity contribution in [3.8, 4) is 0 Å². The van der Waals surface area contributed by atoms with E-state index in [-0.39, 0.29) is 0 Å². The van der Waals surface area contributed by atoms with Crippen LogP contribution in [0.25, 0.3) is 0 Å². The van der Waals surface area contributed by atoms with Gasteiger partial charge in [-0.2, -0.15) is 0 Å². The van der Waals surface area contributed by atoms with Crippen molar-refractivity contribution in [3.63, 3.8) is 0 Å². The van der Waals surface area contributed by atoms with E-state index in [4.69, 9.17) is 0 Å². The molecular formula is C4H8N. The second-order valence-electron chi connectivity index (χ2n) is 0.704. The maximum absolute atomic E-state index is 3.34. The zero-order valence-corrected chi connectivity index (χ0v) is 3.36. The van der Waals surface area contributed by atoms with E-state index in [0.29, 0.717) is 0 Å². The molecule has 0 aliphatic heterocycles. The molecule has 0 aliphatic carbocycles. The smallest absolute Gasteiger partial charge is 0.0314 e. The minimum absolute atomic E-state index is 1.76. The highest BCUT2D eigenvalue weighted by Gasteiger charge is 1.46. The molecule has 0 aromatic heterocycles. The molecule has 1 nitrogen and oxygen atoms in total. The Morgan fingerprint density at radius 3 is 2.40 bits per heavy atom. The van der Waals surface area contributed by atoms with E-state index >= 15 is 0 Å². The first-order valence-electron chi connectivity index (χ1n) is 1.55. The third-order valence-corrected chi connectivity index (χ3v) is 0.285. The monoisotopic (exact) mass is 70.1 g/mol. The summed E-state index contributed by atoms with van der Waals surface area (Å²) in [6.07, 6.45) is 3.65. The number of nitrogens with one attached hydrogen (secondary N) is 1. The quantitative estimate of drug-likeness (QED) is 0.483. The van der Waals surface area contributed by atoms with Crippen LogP contribution in [0.1, 0.15) is 6.92 Å². The summed E-state index contributed by atoms with van der Waals surface area (Å²) in [6, 6.07) is 0. The maximum atomic E-state index is 3.34. The highest BCUT2D eigenvalue weighted by atomic mass is 14.8. The first-order valence-corrected chi connectivity index (χ1v) is 1.55.